The van der Waals surface area contributed by atoms with E-state index in [1.807, 2.05) is 0 Å². The van der Waals surface area contributed by atoms with Crippen LogP contribution in [-0.2, 0) is 25.3 Å². The van der Waals surface area contributed by atoms with E-state index in [4.69, 9.17) is 3.69 Å². The van der Waals surface area contributed by atoms with Crippen molar-refractivity contribution in [3.05, 3.63) is 12.8 Å². The molecule has 0 aromatic heterocycles. The van der Waals surface area contributed by atoms with Crippen LogP contribution in [0, 0.1) is 0 Å². The van der Waals surface area contributed by atoms with E-state index < -0.39 is 18.6 Å². The van der Waals surface area contributed by atoms with Crippen LogP contribution < -0.4 is 0 Å². The van der Waals surface area contributed by atoms with E-state index in [1.54, 1.807) is 0 Å². The van der Waals surface area contributed by atoms with Crippen molar-refractivity contribution >= 4 is 0 Å². The molecule has 4 heteroatoms. The van der Waals surface area contributed by atoms with E-state index in [9.17, 15) is 3.32 Å². The molecule has 0 aromatic carbocycles. The van der Waals surface area contributed by atoms with Gasteiger partial charge in [-0.2, -0.15) is 0 Å². The Labute approximate surface area is 42.3 Å². The fourth-order valence-electron chi connectivity index (χ4n) is 0.0713. The molecule has 0 amide bonds. The zero-order chi connectivity index (χ0) is 4.99. The van der Waals surface area contributed by atoms with E-state index in [1.165, 1.54) is 0 Å². The Morgan fingerprint density at radius 2 is 2.50 bits per heavy atom. The van der Waals surface area contributed by atoms with Crippen LogP contribution in [0.3, 0.4) is 0 Å². The molecule has 0 spiro atoms. The average molecular weight is 124 g/mol. The van der Waals surface area contributed by atoms with Gasteiger partial charge in [-0.3, -0.25) is 0 Å². The van der Waals surface area contributed by atoms with Gasteiger partial charge in [-0.05, 0) is 0 Å². The summed E-state index contributed by atoms with van der Waals surface area (Å²) < 4.78 is 21.4. The van der Waals surface area contributed by atoms with Crippen molar-refractivity contribution in [2.75, 3.05) is 0 Å². The molecule has 0 heterocycles. The Kier molecular flexibility index (Phi) is 3.22. The molecular formula is C2H4O3Ti. The predicted octanol–water partition coefficient (Wildman–Crippen LogP) is -0.0675. The van der Waals surface area contributed by atoms with E-state index in [0.29, 0.717) is 0 Å². The Hall–Kier alpha value is 0.0143. The van der Waals surface area contributed by atoms with Crippen LogP contribution in [0.4, 0.5) is 0 Å². The van der Waals surface area contributed by atoms with Crippen LogP contribution >= 0.6 is 0 Å². The molecule has 3 nitrogen and oxygen atoms in total. The van der Waals surface area contributed by atoms with E-state index in [2.05, 4.69) is 9.90 Å². The first-order chi connectivity index (χ1) is 2.77. The maximum absolute atomic E-state index is 9.56. The normalized spacial score (nSPS) is 6.83. The summed E-state index contributed by atoms with van der Waals surface area (Å²) in [5.41, 5.74) is 0. The molecule has 0 atom stereocenters. The Morgan fingerprint density at radius 3 is 2.50 bits per heavy atom. The third-order valence-electron chi connectivity index (χ3n) is 0.184. The molecule has 0 unspecified atom stereocenters. The van der Waals surface area contributed by atoms with Crippen molar-refractivity contribution in [2.24, 2.45) is 0 Å². The molecule has 0 aliphatic rings. The fraction of sp³-hybridized carbons (Fsp3) is 0. The molecule has 0 aliphatic carbocycles. The van der Waals surface area contributed by atoms with Gasteiger partial charge in [0.2, 0.25) is 0 Å². The Bertz CT molecular complexity index is 69.2. The summed E-state index contributed by atoms with van der Waals surface area (Å²) in [5, 5.41) is 0. The van der Waals surface area contributed by atoms with Gasteiger partial charge >= 0.3 is 41.8 Å². The van der Waals surface area contributed by atoms with Crippen molar-refractivity contribution in [3.8, 4) is 0 Å². The summed E-state index contributed by atoms with van der Waals surface area (Å²) in [6.45, 7) is 3.06. The molecule has 0 aromatic rings. The van der Waals surface area contributed by atoms with Crippen molar-refractivity contribution in [2.45, 2.75) is 0 Å². The van der Waals surface area contributed by atoms with Gasteiger partial charge in [0, 0.05) is 0 Å². The third-order valence-corrected chi connectivity index (χ3v) is 0.759. The number of hydrogen-bond donors (Lipinski definition) is 1. The second-order valence-corrected chi connectivity index (χ2v) is 1.75. The summed E-state index contributed by atoms with van der Waals surface area (Å²) >= 11 is -3.25. The van der Waals surface area contributed by atoms with Gasteiger partial charge in [-0.25, -0.2) is 0 Å². The molecule has 34 valence electrons. The molecule has 0 saturated heterocycles. The monoisotopic (exact) mass is 124 g/mol. The summed E-state index contributed by atoms with van der Waals surface area (Å²) in [4.78, 5) is 0. The minimum atomic E-state index is -3.25. The molecule has 0 bridgehead atoms. The topological polar surface area (TPSA) is 46.5 Å². The third kappa shape index (κ3) is 4.01. The molecule has 0 aliphatic heterocycles. The molecular weight excluding hydrogens is 120 g/mol. The van der Waals surface area contributed by atoms with E-state index in [0.717, 1.165) is 6.26 Å². The van der Waals surface area contributed by atoms with Crippen molar-refractivity contribution in [1.82, 2.24) is 0 Å². The SMILES string of the molecule is C=C[O][Ti](=[O])[OH]. The van der Waals surface area contributed by atoms with E-state index >= 15 is 0 Å². The average Bonchev–Trinajstić information content (AvgIpc) is 1.35. The van der Waals surface area contributed by atoms with Crippen LogP contribution in [0.2, 0.25) is 0 Å². The van der Waals surface area contributed by atoms with E-state index in [-0.39, 0.29) is 0 Å². The van der Waals surface area contributed by atoms with Gasteiger partial charge in [0.15, 0.2) is 0 Å². The van der Waals surface area contributed by atoms with Crippen molar-refractivity contribution in [3.63, 3.8) is 0 Å². The van der Waals surface area contributed by atoms with Gasteiger partial charge in [0.05, 0.1) is 0 Å². The predicted molar refractivity (Wildman–Crippen MR) is 14.2 cm³/mol. The summed E-state index contributed by atoms with van der Waals surface area (Å²) in [7, 11) is 0. The first-order valence-electron chi connectivity index (χ1n) is 1.28. The second kappa shape index (κ2) is 3.21. The molecule has 0 fully saturated rings. The van der Waals surface area contributed by atoms with Gasteiger partial charge in [0.25, 0.3) is 0 Å². The summed E-state index contributed by atoms with van der Waals surface area (Å²) in [6.07, 6.45) is 0.961. The fourth-order valence-corrected chi connectivity index (χ4v) is 0.294. The minimum absolute atomic E-state index is 0.961. The molecule has 0 radical (unpaired) electrons. The summed E-state index contributed by atoms with van der Waals surface area (Å²) in [5.74, 6) is 0. The quantitative estimate of drug-likeness (QED) is 0.414. The zero-order valence-electron chi connectivity index (χ0n) is 3.05. The first-order valence-corrected chi connectivity index (χ1v) is 3.25. The van der Waals surface area contributed by atoms with Crippen LogP contribution in [0.1, 0.15) is 0 Å². The maximum atomic E-state index is 9.56. The molecule has 0 saturated carbocycles. The van der Waals surface area contributed by atoms with Crippen molar-refractivity contribution < 1.29 is 28.9 Å². The summed E-state index contributed by atoms with van der Waals surface area (Å²) in [6, 6.07) is 0. The van der Waals surface area contributed by atoms with Crippen LogP contribution in [0.15, 0.2) is 12.8 Å². The van der Waals surface area contributed by atoms with Crippen LogP contribution in [0.5, 0.6) is 0 Å². The molecule has 1 N–H and O–H groups in total. The first kappa shape index (κ1) is 6.01. The number of rotatable bonds is 2. The Balaban J connectivity index is 3.05. The molecule has 0 rings (SSSR count). The van der Waals surface area contributed by atoms with Crippen LogP contribution in [0.25, 0.3) is 0 Å². The van der Waals surface area contributed by atoms with Gasteiger partial charge in [-0.15, -0.1) is 0 Å². The molecule has 6 heavy (non-hydrogen) atoms. The van der Waals surface area contributed by atoms with Crippen LogP contribution in [-0.4, -0.2) is 3.69 Å². The second-order valence-electron chi connectivity index (χ2n) is 0.550. The standard InChI is InChI=1S/C2H4O.H2O.O.Ti/c1-2-3;;;/h2-3H,1H2;1H2;;/q;;;+2/p-2. The van der Waals surface area contributed by atoms with Gasteiger partial charge in [-0.1, -0.05) is 0 Å². The zero-order valence-corrected chi connectivity index (χ0v) is 4.61. The number of hydrogen-bond acceptors (Lipinski definition) is 2. The Morgan fingerprint density at radius 1 is 2.00 bits per heavy atom. The van der Waals surface area contributed by atoms with Crippen molar-refractivity contribution in [1.29, 1.82) is 0 Å². The van der Waals surface area contributed by atoms with Gasteiger partial charge < -0.3 is 0 Å². The van der Waals surface area contributed by atoms with Gasteiger partial charge in [0.1, 0.15) is 0 Å².